The number of unbranched alkanes of at least 4 members (excludes halogenated alkanes) is 1. The lowest BCUT2D eigenvalue weighted by Gasteiger charge is -2.29. The number of nitrogens with one attached hydrogen (secondary N) is 1. The van der Waals surface area contributed by atoms with Gasteiger partial charge in [-0.25, -0.2) is 4.39 Å². The van der Waals surface area contributed by atoms with Gasteiger partial charge in [0.1, 0.15) is 11.9 Å². The third kappa shape index (κ3) is 6.37. The van der Waals surface area contributed by atoms with Crippen LogP contribution in [0.15, 0.2) is 48.5 Å². The molecule has 0 aliphatic rings. The Hall–Kier alpha value is -3.29. The highest BCUT2D eigenvalue weighted by atomic mass is 19.1. The van der Waals surface area contributed by atoms with E-state index in [2.05, 4.69) is 5.32 Å². The number of nitro benzene ring substituents is 1. The monoisotopic (exact) mass is 415 g/mol. The van der Waals surface area contributed by atoms with E-state index in [9.17, 15) is 24.1 Å². The molecule has 0 spiro atoms. The number of carbonyl (C=O) groups excluding carboxylic acids is 2. The van der Waals surface area contributed by atoms with Crippen LogP contribution in [-0.4, -0.2) is 34.2 Å². The van der Waals surface area contributed by atoms with Gasteiger partial charge in [0.05, 0.1) is 11.3 Å². The van der Waals surface area contributed by atoms with Crippen molar-refractivity contribution in [1.29, 1.82) is 0 Å². The first-order chi connectivity index (χ1) is 14.3. The summed E-state index contributed by atoms with van der Waals surface area (Å²) in [5, 5.41) is 14.1. The van der Waals surface area contributed by atoms with Crippen LogP contribution in [0.2, 0.25) is 0 Å². The molecule has 2 aromatic rings. The molecule has 0 saturated carbocycles. The summed E-state index contributed by atoms with van der Waals surface area (Å²) in [5.41, 5.74) is 0.781. The molecule has 0 aromatic heterocycles. The number of nitrogens with zero attached hydrogens (tertiary/aromatic N) is 2. The fourth-order valence-electron chi connectivity index (χ4n) is 3.01. The van der Waals surface area contributed by atoms with Gasteiger partial charge in [-0.3, -0.25) is 19.7 Å². The summed E-state index contributed by atoms with van der Waals surface area (Å²) in [4.78, 5) is 37.7. The smallest absolute Gasteiger partial charge is 0.273 e. The van der Waals surface area contributed by atoms with Crippen LogP contribution in [0.1, 0.15) is 37.8 Å². The topological polar surface area (TPSA) is 92.6 Å². The normalized spacial score (nSPS) is 11.6. The summed E-state index contributed by atoms with van der Waals surface area (Å²) in [6.45, 7) is 4.21. The summed E-state index contributed by atoms with van der Waals surface area (Å²) in [6, 6.07) is 10.9. The second-order valence-electron chi connectivity index (χ2n) is 7.03. The third-order valence-corrected chi connectivity index (χ3v) is 4.79. The summed E-state index contributed by atoms with van der Waals surface area (Å²) < 4.78 is 13.2. The van der Waals surface area contributed by atoms with Gasteiger partial charge >= 0.3 is 0 Å². The first-order valence-corrected chi connectivity index (χ1v) is 9.87. The van der Waals surface area contributed by atoms with Crippen LogP contribution in [0.25, 0.3) is 0 Å². The van der Waals surface area contributed by atoms with Gasteiger partial charge in [0.15, 0.2) is 0 Å². The zero-order valence-electron chi connectivity index (χ0n) is 17.1. The Labute approximate surface area is 175 Å². The Morgan fingerprint density at radius 2 is 1.83 bits per heavy atom. The predicted octanol–water partition coefficient (Wildman–Crippen LogP) is 3.61. The van der Waals surface area contributed by atoms with E-state index in [1.165, 1.54) is 35.2 Å². The van der Waals surface area contributed by atoms with Crippen molar-refractivity contribution < 1.29 is 18.9 Å². The Morgan fingerprint density at radius 1 is 1.17 bits per heavy atom. The average molecular weight is 415 g/mol. The van der Waals surface area contributed by atoms with E-state index < -0.39 is 22.7 Å². The van der Waals surface area contributed by atoms with Crippen LogP contribution in [0.5, 0.6) is 0 Å². The maximum absolute atomic E-state index is 13.2. The number of rotatable bonds is 10. The molecule has 0 aliphatic carbocycles. The highest BCUT2D eigenvalue weighted by Gasteiger charge is 2.27. The van der Waals surface area contributed by atoms with Crippen molar-refractivity contribution in [3.63, 3.8) is 0 Å². The Bertz CT molecular complexity index is 886. The van der Waals surface area contributed by atoms with Crippen molar-refractivity contribution in [3.05, 3.63) is 75.6 Å². The Balaban J connectivity index is 2.25. The second-order valence-corrected chi connectivity index (χ2v) is 7.03. The summed E-state index contributed by atoms with van der Waals surface area (Å²) in [7, 11) is 0. The van der Waals surface area contributed by atoms with Gasteiger partial charge in [-0.05, 0) is 31.0 Å². The van der Waals surface area contributed by atoms with Crippen LogP contribution in [-0.2, 0) is 22.6 Å². The summed E-state index contributed by atoms with van der Waals surface area (Å²) in [6.07, 6.45) is 1.52. The van der Waals surface area contributed by atoms with Crippen molar-refractivity contribution in [2.24, 2.45) is 0 Å². The molecule has 0 bridgehead atoms. The van der Waals surface area contributed by atoms with E-state index in [4.69, 9.17) is 0 Å². The number of amides is 2. The summed E-state index contributed by atoms with van der Waals surface area (Å²) >= 11 is 0. The number of carbonyl (C=O) groups is 2. The van der Waals surface area contributed by atoms with E-state index in [0.29, 0.717) is 12.1 Å². The molecular weight excluding hydrogens is 389 g/mol. The molecule has 0 fully saturated rings. The van der Waals surface area contributed by atoms with Crippen molar-refractivity contribution in [2.75, 3.05) is 6.54 Å². The highest BCUT2D eigenvalue weighted by Crippen LogP contribution is 2.20. The lowest BCUT2D eigenvalue weighted by atomic mass is 10.1. The first-order valence-electron chi connectivity index (χ1n) is 9.87. The number of para-hydroxylation sites is 1. The lowest BCUT2D eigenvalue weighted by molar-refractivity contribution is -0.385. The minimum atomic E-state index is -0.790. The quantitative estimate of drug-likeness (QED) is 0.364. The van der Waals surface area contributed by atoms with E-state index in [1.54, 1.807) is 25.1 Å². The number of nitro groups is 1. The zero-order chi connectivity index (χ0) is 22.1. The van der Waals surface area contributed by atoms with Gasteiger partial charge < -0.3 is 10.2 Å². The third-order valence-electron chi connectivity index (χ3n) is 4.79. The lowest BCUT2D eigenvalue weighted by Crippen LogP contribution is -2.48. The van der Waals surface area contributed by atoms with Crippen LogP contribution in [0, 0.1) is 15.9 Å². The van der Waals surface area contributed by atoms with Crippen molar-refractivity contribution in [3.8, 4) is 0 Å². The van der Waals surface area contributed by atoms with Gasteiger partial charge in [0.25, 0.3) is 5.69 Å². The van der Waals surface area contributed by atoms with Gasteiger partial charge in [0.2, 0.25) is 11.8 Å². The van der Waals surface area contributed by atoms with Gasteiger partial charge in [-0.1, -0.05) is 43.7 Å². The standard InChI is InChI=1S/C22H26FN3O4/c1-3-4-13-24-22(28)16(2)25(15-17-9-11-19(23)12-10-17)21(27)14-18-7-5-6-8-20(18)26(29)30/h5-12,16H,3-4,13-15H2,1-2H3,(H,24,28)/t16-/m1/s1. The maximum Gasteiger partial charge on any atom is 0.273 e. The Kier molecular flexibility index (Phi) is 8.46. The predicted molar refractivity (Wildman–Crippen MR) is 111 cm³/mol. The molecular formula is C22H26FN3O4. The molecule has 8 heteroatoms. The van der Waals surface area contributed by atoms with Crippen molar-refractivity contribution in [1.82, 2.24) is 10.2 Å². The molecule has 160 valence electrons. The number of halogens is 1. The second kappa shape index (κ2) is 11.0. The molecule has 30 heavy (non-hydrogen) atoms. The minimum Gasteiger partial charge on any atom is -0.354 e. The zero-order valence-corrected chi connectivity index (χ0v) is 17.1. The number of benzene rings is 2. The molecule has 2 amide bonds. The fourth-order valence-corrected chi connectivity index (χ4v) is 3.01. The summed E-state index contributed by atoms with van der Waals surface area (Å²) in [5.74, 6) is -1.13. The largest absolute Gasteiger partial charge is 0.354 e. The van der Waals surface area contributed by atoms with E-state index in [-0.39, 0.29) is 30.1 Å². The molecule has 1 atom stereocenters. The number of hydrogen-bond acceptors (Lipinski definition) is 4. The molecule has 7 nitrogen and oxygen atoms in total. The average Bonchev–Trinajstić information content (AvgIpc) is 2.73. The van der Waals surface area contributed by atoms with E-state index in [0.717, 1.165) is 12.8 Å². The molecule has 0 aliphatic heterocycles. The molecule has 0 unspecified atom stereocenters. The maximum atomic E-state index is 13.2. The van der Waals surface area contributed by atoms with Crippen LogP contribution in [0.4, 0.5) is 10.1 Å². The highest BCUT2D eigenvalue weighted by molar-refractivity contribution is 5.88. The fraction of sp³-hybridized carbons (Fsp3) is 0.364. The molecule has 0 saturated heterocycles. The van der Waals surface area contributed by atoms with Gasteiger partial charge in [0, 0.05) is 24.7 Å². The van der Waals surface area contributed by atoms with E-state index >= 15 is 0 Å². The molecule has 0 heterocycles. The minimum absolute atomic E-state index is 0.0854. The van der Waals surface area contributed by atoms with E-state index in [1.807, 2.05) is 6.92 Å². The van der Waals surface area contributed by atoms with Gasteiger partial charge in [-0.2, -0.15) is 0 Å². The molecule has 1 N–H and O–H groups in total. The van der Waals surface area contributed by atoms with Gasteiger partial charge in [-0.15, -0.1) is 0 Å². The molecule has 2 rings (SSSR count). The van der Waals surface area contributed by atoms with Crippen LogP contribution >= 0.6 is 0 Å². The van der Waals surface area contributed by atoms with Crippen LogP contribution in [0.3, 0.4) is 0 Å². The number of hydrogen-bond donors (Lipinski definition) is 1. The SMILES string of the molecule is CCCCNC(=O)[C@@H](C)N(Cc1ccc(F)cc1)C(=O)Cc1ccccc1[N+](=O)[O-]. The van der Waals surface area contributed by atoms with Crippen molar-refractivity contribution >= 4 is 17.5 Å². The Morgan fingerprint density at radius 3 is 2.47 bits per heavy atom. The molecule has 2 aromatic carbocycles. The van der Waals surface area contributed by atoms with Crippen LogP contribution < -0.4 is 5.32 Å². The van der Waals surface area contributed by atoms with Crippen molar-refractivity contribution in [2.45, 2.75) is 45.7 Å². The first kappa shape index (κ1) is 23.0. The molecule has 0 radical (unpaired) electrons.